The molecule has 0 aliphatic carbocycles. The predicted molar refractivity (Wildman–Crippen MR) is 194 cm³/mol. The Morgan fingerprint density at radius 1 is 0.520 bits per heavy atom. The molecular formula is C40H39N5O5. The number of methoxy groups -OCH3 is 3. The number of aryl methyl sites for hydroxylation is 1. The molecule has 0 unspecified atom stereocenters. The molecule has 0 bridgehead atoms. The third-order valence-electron chi connectivity index (χ3n) is 7.80. The predicted octanol–water partition coefficient (Wildman–Crippen LogP) is 8.44. The zero-order valence-corrected chi connectivity index (χ0v) is 28.5. The fourth-order valence-corrected chi connectivity index (χ4v) is 5.28. The van der Waals surface area contributed by atoms with Gasteiger partial charge in [-0.3, -0.25) is 0 Å². The topological polar surface area (TPSA) is 109 Å². The molecule has 0 aliphatic rings. The van der Waals surface area contributed by atoms with Gasteiger partial charge in [-0.15, -0.1) is 0 Å². The lowest BCUT2D eigenvalue weighted by molar-refractivity contribution is 0.305. The van der Waals surface area contributed by atoms with E-state index in [1.807, 2.05) is 122 Å². The Kier molecular flexibility index (Phi) is 10.9. The lowest BCUT2D eigenvalue weighted by atomic mass is 10.1. The Balaban J connectivity index is 1.32. The van der Waals surface area contributed by atoms with E-state index in [1.165, 1.54) is 0 Å². The Bertz CT molecular complexity index is 1910. The third-order valence-corrected chi connectivity index (χ3v) is 7.80. The van der Waals surface area contributed by atoms with Gasteiger partial charge in [-0.25, -0.2) is 0 Å². The van der Waals surface area contributed by atoms with E-state index >= 15 is 0 Å². The van der Waals surface area contributed by atoms with Crippen molar-refractivity contribution in [1.29, 1.82) is 0 Å². The van der Waals surface area contributed by atoms with Crippen molar-refractivity contribution in [2.75, 3.05) is 32.0 Å². The Labute approximate surface area is 292 Å². The minimum atomic E-state index is 0.304. The van der Waals surface area contributed by atoms with E-state index in [1.54, 1.807) is 21.3 Å². The first-order chi connectivity index (χ1) is 24.5. The van der Waals surface area contributed by atoms with Crippen molar-refractivity contribution in [3.63, 3.8) is 0 Å². The molecule has 254 valence electrons. The summed E-state index contributed by atoms with van der Waals surface area (Å²) in [6.07, 6.45) is 0.333. The quantitative estimate of drug-likeness (QED) is 0.111. The molecule has 50 heavy (non-hydrogen) atoms. The van der Waals surface area contributed by atoms with Crippen molar-refractivity contribution >= 4 is 23.3 Å². The van der Waals surface area contributed by atoms with E-state index in [-0.39, 0.29) is 0 Å². The van der Waals surface area contributed by atoms with Crippen LogP contribution in [-0.2, 0) is 19.6 Å². The van der Waals surface area contributed by atoms with Crippen LogP contribution in [0.5, 0.6) is 28.7 Å². The number of aromatic nitrogens is 3. The van der Waals surface area contributed by atoms with Gasteiger partial charge < -0.3 is 34.3 Å². The van der Waals surface area contributed by atoms with Gasteiger partial charge >= 0.3 is 0 Å². The maximum absolute atomic E-state index is 6.12. The monoisotopic (exact) mass is 669 g/mol. The summed E-state index contributed by atoms with van der Waals surface area (Å²) in [6, 6.07) is 37.2. The Morgan fingerprint density at radius 2 is 1.02 bits per heavy atom. The summed E-state index contributed by atoms with van der Waals surface area (Å²) in [5.41, 5.74) is 5.39. The number of rotatable bonds is 15. The van der Waals surface area contributed by atoms with Crippen molar-refractivity contribution in [2.45, 2.75) is 26.6 Å². The molecule has 10 heteroatoms. The molecule has 2 N–H and O–H groups in total. The number of nitrogens with zero attached hydrogens (tertiary/aromatic N) is 3. The van der Waals surface area contributed by atoms with Crippen LogP contribution in [0.25, 0.3) is 0 Å². The summed E-state index contributed by atoms with van der Waals surface area (Å²) < 4.78 is 29.2. The number of benzene rings is 5. The molecule has 0 saturated carbocycles. The SMILES string of the molecule is COc1ccc(OCc2ccccc2)cc1Cc1nc(Nc2cc(C)ccc2OC)nc(Nc2cc(OCc3ccccc3)ccc2OC)n1. The number of hydrogen-bond donors (Lipinski definition) is 2. The maximum atomic E-state index is 6.12. The van der Waals surface area contributed by atoms with Crippen LogP contribution >= 0.6 is 0 Å². The van der Waals surface area contributed by atoms with Gasteiger partial charge in [0, 0.05) is 18.1 Å². The van der Waals surface area contributed by atoms with Crippen molar-refractivity contribution in [1.82, 2.24) is 15.0 Å². The Morgan fingerprint density at radius 3 is 1.58 bits per heavy atom. The van der Waals surface area contributed by atoms with Crippen LogP contribution in [0, 0.1) is 6.92 Å². The van der Waals surface area contributed by atoms with Crippen LogP contribution in [-0.4, -0.2) is 36.3 Å². The summed E-state index contributed by atoms with van der Waals surface area (Å²) in [7, 11) is 4.87. The molecule has 0 saturated heterocycles. The molecular weight excluding hydrogens is 630 g/mol. The van der Waals surface area contributed by atoms with Crippen LogP contribution in [0.15, 0.2) is 115 Å². The fourth-order valence-electron chi connectivity index (χ4n) is 5.28. The van der Waals surface area contributed by atoms with Gasteiger partial charge in [-0.05, 0) is 66.1 Å². The summed E-state index contributed by atoms with van der Waals surface area (Å²) in [5, 5.41) is 6.67. The highest BCUT2D eigenvalue weighted by Crippen LogP contribution is 2.33. The van der Waals surface area contributed by atoms with E-state index in [4.69, 9.17) is 38.6 Å². The molecule has 0 radical (unpaired) electrons. The van der Waals surface area contributed by atoms with E-state index in [0.29, 0.717) is 71.8 Å². The van der Waals surface area contributed by atoms with E-state index in [0.717, 1.165) is 27.9 Å². The molecule has 5 aromatic carbocycles. The van der Waals surface area contributed by atoms with Gasteiger partial charge in [0.25, 0.3) is 0 Å². The second-order valence-electron chi connectivity index (χ2n) is 11.4. The average molecular weight is 670 g/mol. The molecule has 6 rings (SSSR count). The molecule has 0 aliphatic heterocycles. The summed E-state index contributed by atoms with van der Waals surface area (Å²) in [6.45, 7) is 2.87. The normalized spacial score (nSPS) is 10.6. The number of anilines is 4. The third kappa shape index (κ3) is 8.78. The van der Waals surface area contributed by atoms with Gasteiger partial charge in [-0.1, -0.05) is 66.7 Å². The fraction of sp³-hybridized carbons (Fsp3) is 0.175. The number of ether oxygens (including phenoxy) is 5. The molecule has 0 amide bonds. The van der Waals surface area contributed by atoms with E-state index in [2.05, 4.69) is 10.6 Å². The first-order valence-corrected chi connectivity index (χ1v) is 16.1. The molecule has 0 atom stereocenters. The smallest absolute Gasteiger partial charge is 0.232 e. The summed E-state index contributed by atoms with van der Waals surface area (Å²) in [5.74, 6) is 4.42. The molecule has 1 heterocycles. The van der Waals surface area contributed by atoms with Crippen LogP contribution in [0.4, 0.5) is 23.3 Å². The van der Waals surface area contributed by atoms with Crippen molar-refractivity contribution in [3.05, 3.63) is 143 Å². The van der Waals surface area contributed by atoms with Crippen LogP contribution < -0.4 is 34.3 Å². The first kappa shape index (κ1) is 33.6. The minimum Gasteiger partial charge on any atom is -0.496 e. The van der Waals surface area contributed by atoms with Gasteiger partial charge in [-0.2, -0.15) is 15.0 Å². The first-order valence-electron chi connectivity index (χ1n) is 16.1. The minimum absolute atomic E-state index is 0.304. The standard InChI is InChI=1S/C40H39N5O5/c1-27-15-18-36(47-3)33(21-27)41-39-43-38(23-30-22-31(16-19-35(30)46-2)49-25-28-11-7-5-8-12-28)44-40(45-39)42-34-24-32(17-20-37(34)48-4)50-26-29-13-9-6-10-14-29/h5-22,24H,23,25-26H2,1-4H3,(H2,41,42,43,44,45). The average Bonchev–Trinajstić information content (AvgIpc) is 3.14. The van der Waals surface area contributed by atoms with Crippen LogP contribution in [0.1, 0.15) is 28.1 Å². The second-order valence-corrected chi connectivity index (χ2v) is 11.4. The highest BCUT2D eigenvalue weighted by Gasteiger charge is 2.16. The molecule has 10 nitrogen and oxygen atoms in total. The zero-order chi connectivity index (χ0) is 34.7. The molecule has 0 fully saturated rings. The van der Waals surface area contributed by atoms with Gasteiger partial charge in [0.2, 0.25) is 11.9 Å². The van der Waals surface area contributed by atoms with Crippen molar-refractivity contribution in [2.24, 2.45) is 0 Å². The Hall–Kier alpha value is -6.29. The molecule has 0 spiro atoms. The maximum Gasteiger partial charge on any atom is 0.232 e. The van der Waals surface area contributed by atoms with Crippen LogP contribution in [0.3, 0.4) is 0 Å². The number of nitrogens with one attached hydrogen (secondary N) is 2. The number of hydrogen-bond acceptors (Lipinski definition) is 10. The zero-order valence-electron chi connectivity index (χ0n) is 28.5. The highest BCUT2D eigenvalue weighted by atomic mass is 16.5. The largest absolute Gasteiger partial charge is 0.496 e. The summed E-state index contributed by atoms with van der Waals surface area (Å²) >= 11 is 0. The lowest BCUT2D eigenvalue weighted by Crippen LogP contribution is -2.09. The van der Waals surface area contributed by atoms with Gasteiger partial charge in [0.1, 0.15) is 47.8 Å². The van der Waals surface area contributed by atoms with Gasteiger partial charge in [0.15, 0.2) is 0 Å². The molecule has 1 aromatic heterocycles. The van der Waals surface area contributed by atoms with Crippen molar-refractivity contribution < 1.29 is 23.7 Å². The lowest BCUT2D eigenvalue weighted by Gasteiger charge is -2.16. The van der Waals surface area contributed by atoms with E-state index in [9.17, 15) is 0 Å². The van der Waals surface area contributed by atoms with E-state index < -0.39 is 0 Å². The van der Waals surface area contributed by atoms with Crippen LogP contribution in [0.2, 0.25) is 0 Å². The van der Waals surface area contributed by atoms with Gasteiger partial charge in [0.05, 0.1) is 32.7 Å². The molecule has 6 aromatic rings. The highest BCUT2D eigenvalue weighted by molar-refractivity contribution is 5.67. The summed E-state index contributed by atoms with van der Waals surface area (Å²) in [4.78, 5) is 14.4. The van der Waals surface area contributed by atoms with Crippen molar-refractivity contribution in [3.8, 4) is 28.7 Å². The second kappa shape index (κ2) is 16.2.